The van der Waals surface area contributed by atoms with Crippen LogP contribution in [0.5, 0.6) is 0 Å². The minimum Gasteiger partial charge on any atom is -0.480 e. The predicted molar refractivity (Wildman–Crippen MR) is 72.8 cm³/mol. The van der Waals surface area contributed by atoms with Crippen molar-refractivity contribution in [2.75, 3.05) is 17.3 Å². The van der Waals surface area contributed by atoms with E-state index in [1.54, 1.807) is 0 Å². The Labute approximate surface area is 118 Å². The standard InChI is InChI=1S/C10H19NO7S2/c1-7(2)20(17,18)5-4-19(15,16)6-9(10(13)14)11-8(3)12/h7,9H,4-6H2,1-3H3,(H,11,12)(H,13,14)/t9-/m0/s1. The van der Waals surface area contributed by atoms with Crippen molar-refractivity contribution < 1.29 is 31.5 Å². The Balaban J connectivity index is 4.82. The Kier molecular flexibility index (Phi) is 6.62. The normalized spacial score (nSPS) is 14.0. The average Bonchev–Trinajstić information content (AvgIpc) is 2.24. The first-order chi connectivity index (χ1) is 8.87. The van der Waals surface area contributed by atoms with Crippen LogP contribution in [-0.2, 0) is 29.3 Å². The smallest absolute Gasteiger partial charge is 0.327 e. The fourth-order valence-corrected chi connectivity index (χ4v) is 4.55. The highest BCUT2D eigenvalue weighted by molar-refractivity contribution is 7.95. The molecule has 0 aliphatic rings. The topological polar surface area (TPSA) is 135 Å². The molecule has 8 nitrogen and oxygen atoms in total. The number of rotatable bonds is 8. The Morgan fingerprint density at radius 1 is 1.10 bits per heavy atom. The lowest BCUT2D eigenvalue weighted by atomic mass is 10.3. The van der Waals surface area contributed by atoms with Gasteiger partial charge in [-0.2, -0.15) is 0 Å². The van der Waals surface area contributed by atoms with E-state index in [0.29, 0.717) is 0 Å². The van der Waals surface area contributed by atoms with E-state index in [0.717, 1.165) is 6.92 Å². The van der Waals surface area contributed by atoms with Crippen LogP contribution in [0.4, 0.5) is 0 Å². The first-order valence-electron chi connectivity index (χ1n) is 5.79. The highest BCUT2D eigenvalue weighted by atomic mass is 32.2. The number of hydrogen-bond acceptors (Lipinski definition) is 6. The van der Waals surface area contributed by atoms with E-state index < -0.39 is 60.1 Å². The first-order valence-corrected chi connectivity index (χ1v) is 9.33. The van der Waals surface area contributed by atoms with Crippen molar-refractivity contribution in [3.63, 3.8) is 0 Å². The maximum absolute atomic E-state index is 11.7. The molecule has 0 radical (unpaired) electrons. The molecule has 0 aromatic rings. The third-order valence-corrected chi connectivity index (χ3v) is 6.63. The maximum Gasteiger partial charge on any atom is 0.327 e. The first kappa shape index (κ1) is 18.8. The van der Waals surface area contributed by atoms with Crippen LogP contribution in [-0.4, -0.2) is 62.4 Å². The molecular weight excluding hydrogens is 310 g/mol. The largest absolute Gasteiger partial charge is 0.480 e. The van der Waals surface area contributed by atoms with Gasteiger partial charge in [-0.1, -0.05) is 0 Å². The molecule has 0 saturated carbocycles. The van der Waals surface area contributed by atoms with Crippen LogP contribution in [0.2, 0.25) is 0 Å². The number of carbonyl (C=O) groups is 2. The minimum atomic E-state index is -3.91. The number of amides is 1. The highest BCUT2D eigenvalue weighted by Gasteiger charge is 2.28. The van der Waals surface area contributed by atoms with Crippen molar-refractivity contribution in [1.29, 1.82) is 0 Å². The molecule has 0 spiro atoms. The van der Waals surface area contributed by atoms with Crippen LogP contribution in [0.3, 0.4) is 0 Å². The number of aliphatic carboxylic acids is 1. The summed E-state index contributed by atoms with van der Waals surface area (Å²) in [6.07, 6.45) is 0. The molecule has 1 amide bonds. The number of carboxylic acid groups (broad SMARTS) is 1. The summed E-state index contributed by atoms with van der Waals surface area (Å²) in [5.74, 6) is -4.25. The SMILES string of the molecule is CC(=O)N[C@@H](CS(=O)(=O)CCS(=O)(=O)C(C)C)C(=O)O. The fourth-order valence-electron chi connectivity index (χ4n) is 1.24. The maximum atomic E-state index is 11.7. The third kappa shape index (κ3) is 6.85. The molecule has 0 saturated heterocycles. The minimum absolute atomic E-state index is 0.570. The van der Waals surface area contributed by atoms with Crippen LogP contribution in [0.15, 0.2) is 0 Å². The van der Waals surface area contributed by atoms with Gasteiger partial charge in [0.1, 0.15) is 6.04 Å². The van der Waals surface area contributed by atoms with Crippen LogP contribution >= 0.6 is 0 Å². The Hall–Kier alpha value is -1.16. The number of carboxylic acids is 1. The Bertz CT molecular complexity index is 562. The van der Waals surface area contributed by atoms with Crippen LogP contribution in [0.1, 0.15) is 20.8 Å². The van der Waals surface area contributed by atoms with Gasteiger partial charge in [0.05, 0.1) is 22.5 Å². The summed E-state index contributed by atoms with van der Waals surface area (Å²) < 4.78 is 46.5. The molecule has 0 rings (SSSR count). The van der Waals surface area contributed by atoms with E-state index >= 15 is 0 Å². The fraction of sp³-hybridized carbons (Fsp3) is 0.800. The Morgan fingerprint density at radius 2 is 1.60 bits per heavy atom. The molecule has 0 aliphatic heterocycles. The second-order valence-corrected chi connectivity index (χ2v) is 9.53. The predicted octanol–water partition coefficient (Wildman–Crippen LogP) is -1.19. The average molecular weight is 329 g/mol. The monoisotopic (exact) mass is 329 g/mol. The van der Waals surface area contributed by atoms with Crippen molar-refractivity contribution in [2.24, 2.45) is 0 Å². The van der Waals surface area contributed by atoms with E-state index in [1.807, 2.05) is 5.32 Å². The summed E-state index contributed by atoms with van der Waals surface area (Å²) in [5, 5.41) is 10.1. The van der Waals surface area contributed by atoms with Gasteiger partial charge in [-0.15, -0.1) is 0 Å². The second-order valence-electron chi connectivity index (χ2n) is 4.62. The lowest BCUT2D eigenvalue weighted by molar-refractivity contribution is -0.140. The summed E-state index contributed by atoms with van der Waals surface area (Å²) in [6, 6.07) is -1.58. The zero-order valence-electron chi connectivity index (χ0n) is 11.5. The van der Waals surface area contributed by atoms with Crippen LogP contribution < -0.4 is 5.32 Å². The van der Waals surface area contributed by atoms with E-state index in [2.05, 4.69) is 0 Å². The number of hydrogen-bond donors (Lipinski definition) is 2. The van der Waals surface area contributed by atoms with Crippen molar-refractivity contribution in [3.8, 4) is 0 Å². The number of sulfone groups is 2. The van der Waals surface area contributed by atoms with E-state index in [-0.39, 0.29) is 0 Å². The highest BCUT2D eigenvalue weighted by Crippen LogP contribution is 2.04. The molecule has 0 unspecified atom stereocenters. The molecule has 2 N–H and O–H groups in total. The van der Waals surface area contributed by atoms with Gasteiger partial charge in [-0.05, 0) is 13.8 Å². The molecule has 20 heavy (non-hydrogen) atoms. The van der Waals surface area contributed by atoms with E-state index in [4.69, 9.17) is 5.11 Å². The summed E-state index contributed by atoms with van der Waals surface area (Å²) in [5.41, 5.74) is 0. The van der Waals surface area contributed by atoms with Gasteiger partial charge in [0.25, 0.3) is 0 Å². The molecule has 0 aromatic carbocycles. The third-order valence-electron chi connectivity index (χ3n) is 2.49. The molecule has 10 heteroatoms. The molecule has 0 aromatic heterocycles. The molecule has 1 atom stereocenters. The Morgan fingerprint density at radius 3 is 1.95 bits per heavy atom. The summed E-state index contributed by atoms with van der Waals surface area (Å²) in [6.45, 7) is 3.92. The van der Waals surface area contributed by atoms with Crippen molar-refractivity contribution in [2.45, 2.75) is 32.1 Å². The van der Waals surface area contributed by atoms with Crippen LogP contribution in [0, 0.1) is 0 Å². The van der Waals surface area contributed by atoms with Crippen LogP contribution in [0.25, 0.3) is 0 Å². The summed E-state index contributed by atoms with van der Waals surface area (Å²) in [4.78, 5) is 21.6. The summed E-state index contributed by atoms with van der Waals surface area (Å²) >= 11 is 0. The van der Waals surface area contributed by atoms with Gasteiger partial charge in [0, 0.05) is 6.92 Å². The molecule has 0 aliphatic carbocycles. The lowest BCUT2D eigenvalue weighted by Crippen LogP contribution is -2.45. The quantitative estimate of drug-likeness (QED) is 0.572. The van der Waals surface area contributed by atoms with Crippen molar-refractivity contribution in [1.82, 2.24) is 5.32 Å². The van der Waals surface area contributed by atoms with Gasteiger partial charge in [0.2, 0.25) is 5.91 Å². The molecule has 0 heterocycles. The molecular formula is C10H19NO7S2. The number of carbonyl (C=O) groups excluding carboxylic acids is 1. The number of nitrogens with one attached hydrogen (secondary N) is 1. The summed E-state index contributed by atoms with van der Waals surface area (Å²) in [7, 11) is -7.44. The zero-order valence-corrected chi connectivity index (χ0v) is 13.1. The second kappa shape index (κ2) is 7.02. The van der Waals surface area contributed by atoms with Gasteiger partial charge < -0.3 is 10.4 Å². The van der Waals surface area contributed by atoms with Crippen molar-refractivity contribution >= 4 is 31.6 Å². The zero-order chi connectivity index (χ0) is 16.1. The van der Waals surface area contributed by atoms with Gasteiger partial charge in [-0.3, -0.25) is 4.79 Å². The van der Waals surface area contributed by atoms with Crippen molar-refractivity contribution in [3.05, 3.63) is 0 Å². The van der Waals surface area contributed by atoms with Gasteiger partial charge >= 0.3 is 5.97 Å². The molecule has 0 fully saturated rings. The van der Waals surface area contributed by atoms with E-state index in [9.17, 15) is 26.4 Å². The van der Waals surface area contributed by atoms with Gasteiger partial charge in [-0.25, -0.2) is 21.6 Å². The molecule has 118 valence electrons. The molecule has 0 bridgehead atoms. The lowest BCUT2D eigenvalue weighted by Gasteiger charge is -2.14. The van der Waals surface area contributed by atoms with Gasteiger partial charge in [0.15, 0.2) is 19.7 Å². The van der Waals surface area contributed by atoms with E-state index in [1.165, 1.54) is 13.8 Å².